The maximum Gasteiger partial charge on any atom is 0.235 e. The maximum absolute atomic E-state index is 12.9. The molecule has 0 bridgehead atoms. The van der Waals surface area contributed by atoms with E-state index in [0.717, 1.165) is 11.1 Å². The molecular weight excluding hydrogens is 338 g/mol. The molecule has 0 atom stereocenters. The Balaban J connectivity index is 1.47. The lowest BCUT2D eigenvalue weighted by Gasteiger charge is -2.15. The van der Waals surface area contributed by atoms with Crippen molar-refractivity contribution >= 4 is 11.8 Å². The van der Waals surface area contributed by atoms with Crippen LogP contribution in [-0.4, -0.2) is 18.4 Å². The van der Waals surface area contributed by atoms with Crippen molar-refractivity contribution in [1.29, 1.82) is 0 Å². The predicted molar refractivity (Wildman–Crippen MR) is 93.0 cm³/mol. The highest BCUT2D eigenvalue weighted by molar-refractivity contribution is 6.07. The summed E-state index contributed by atoms with van der Waals surface area (Å²) < 4.78 is 25.8. The molecule has 0 aliphatic heterocycles. The zero-order valence-corrected chi connectivity index (χ0v) is 14.2. The summed E-state index contributed by atoms with van der Waals surface area (Å²) >= 11 is 0. The van der Waals surface area contributed by atoms with Crippen molar-refractivity contribution in [2.45, 2.75) is 25.8 Å². The van der Waals surface area contributed by atoms with Gasteiger partial charge < -0.3 is 10.6 Å². The molecule has 2 amide bonds. The first-order valence-electron chi connectivity index (χ1n) is 8.55. The third-order valence-corrected chi connectivity index (χ3v) is 4.60. The molecular formula is C20H20F2N2O2. The Morgan fingerprint density at radius 3 is 1.85 bits per heavy atom. The lowest BCUT2D eigenvalue weighted by molar-refractivity contribution is -0.137. The van der Waals surface area contributed by atoms with E-state index in [1.165, 1.54) is 24.3 Å². The van der Waals surface area contributed by atoms with Crippen LogP contribution >= 0.6 is 0 Å². The molecule has 2 N–H and O–H groups in total. The fraction of sp³-hybridized carbons (Fsp3) is 0.300. The smallest absolute Gasteiger partial charge is 0.235 e. The third kappa shape index (κ3) is 4.25. The SMILES string of the molecule is O=C(NCCc1ccc(F)cc1)C1(C(=O)NCc2ccc(F)cc2)CC1. The van der Waals surface area contributed by atoms with E-state index in [4.69, 9.17) is 0 Å². The van der Waals surface area contributed by atoms with E-state index in [1.807, 2.05) is 0 Å². The van der Waals surface area contributed by atoms with Gasteiger partial charge in [0.15, 0.2) is 0 Å². The average Bonchev–Trinajstić information content (AvgIpc) is 3.45. The first kappa shape index (κ1) is 18.0. The summed E-state index contributed by atoms with van der Waals surface area (Å²) in [6.07, 6.45) is 1.61. The second-order valence-electron chi connectivity index (χ2n) is 6.52. The van der Waals surface area contributed by atoms with Crippen LogP contribution in [0.3, 0.4) is 0 Å². The van der Waals surface area contributed by atoms with E-state index in [1.54, 1.807) is 24.3 Å². The van der Waals surface area contributed by atoms with Crippen LogP contribution in [0, 0.1) is 17.0 Å². The van der Waals surface area contributed by atoms with Crippen molar-refractivity contribution in [3.8, 4) is 0 Å². The summed E-state index contributed by atoms with van der Waals surface area (Å²) in [5, 5.41) is 5.54. The van der Waals surface area contributed by atoms with E-state index in [2.05, 4.69) is 10.6 Å². The number of carbonyl (C=O) groups excluding carboxylic acids is 2. The Bertz CT molecular complexity index is 784. The Kier molecular flexibility index (Phi) is 5.30. The highest BCUT2D eigenvalue weighted by Crippen LogP contribution is 2.46. The van der Waals surface area contributed by atoms with Gasteiger partial charge in [-0.05, 0) is 54.7 Å². The van der Waals surface area contributed by atoms with Crippen molar-refractivity contribution in [1.82, 2.24) is 10.6 Å². The number of halogens is 2. The summed E-state index contributed by atoms with van der Waals surface area (Å²) in [5.41, 5.74) is 0.688. The Hall–Kier alpha value is -2.76. The second-order valence-corrected chi connectivity index (χ2v) is 6.52. The van der Waals surface area contributed by atoms with Crippen LogP contribution in [0.5, 0.6) is 0 Å². The molecule has 3 rings (SSSR count). The van der Waals surface area contributed by atoms with Gasteiger partial charge in [-0.3, -0.25) is 9.59 Å². The first-order chi connectivity index (χ1) is 12.5. The number of hydrogen-bond acceptors (Lipinski definition) is 2. The molecule has 2 aromatic carbocycles. The molecule has 1 saturated carbocycles. The van der Waals surface area contributed by atoms with Crippen molar-refractivity contribution in [3.63, 3.8) is 0 Å². The zero-order chi connectivity index (χ0) is 18.6. The fourth-order valence-corrected chi connectivity index (χ4v) is 2.78. The minimum atomic E-state index is -0.997. The highest BCUT2D eigenvalue weighted by atomic mass is 19.1. The molecule has 4 nitrogen and oxygen atoms in total. The summed E-state index contributed by atoms with van der Waals surface area (Å²) in [4.78, 5) is 24.8. The normalized spacial score (nSPS) is 14.5. The predicted octanol–water partition coefficient (Wildman–Crippen LogP) is 2.72. The number of hydrogen-bond donors (Lipinski definition) is 2. The topological polar surface area (TPSA) is 58.2 Å². The molecule has 1 fully saturated rings. The molecule has 0 radical (unpaired) electrons. The van der Waals surface area contributed by atoms with E-state index in [0.29, 0.717) is 25.8 Å². The summed E-state index contributed by atoms with van der Waals surface area (Å²) in [6, 6.07) is 11.9. The average molecular weight is 358 g/mol. The maximum atomic E-state index is 12.9. The van der Waals surface area contributed by atoms with Crippen LogP contribution in [0.25, 0.3) is 0 Å². The van der Waals surface area contributed by atoms with E-state index in [-0.39, 0.29) is 30.0 Å². The fourth-order valence-electron chi connectivity index (χ4n) is 2.78. The van der Waals surface area contributed by atoms with Gasteiger partial charge in [0.05, 0.1) is 0 Å². The lowest BCUT2D eigenvalue weighted by atomic mass is 10.0. The number of benzene rings is 2. The van der Waals surface area contributed by atoms with Crippen LogP contribution in [0.1, 0.15) is 24.0 Å². The minimum absolute atomic E-state index is 0.254. The van der Waals surface area contributed by atoms with Gasteiger partial charge in [0.1, 0.15) is 17.0 Å². The van der Waals surface area contributed by atoms with Gasteiger partial charge in [-0.25, -0.2) is 8.78 Å². The van der Waals surface area contributed by atoms with Crippen LogP contribution in [0.15, 0.2) is 48.5 Å². The van der Waals surface area contributed by atoms with Gasteiger partial charge in [-0.15, -0.1) is 0 Å². The van der Waals surface area contributed by atoms with Crippen molar-refractivity contribution < 1.29 is 18.4 Å². The second kappa shape index (κ2) is 7.64. The molecule has 1 aliphatic rings. The summed E-state index contributed by atoms with van der Waals surface area (Å²) in [7, 11) is 0. The Morgan fingerprint density at radius 1 is 0.808 bits per heavy atom. The van der Waals surface area contributed by atoms with Gasteiger partial charge in [-0.2, -0.15) is 0 Å². The number of carbonyl (C=O) groups is 2. The van der Waals surface area contributed by atoms with Gasteiger partial charge >= 0.3 is 0 Å². The van der Waals surface area contributed by atoms with Crippen molar-refractivity contribution in [2.24, 2.45) is 5.41 Å². The van der Waals surface area contributed by atoms with E-state index in [9.17, 15) is 18.4 Å². The monoisotopic (exact) mass is 358 g/mol. The molecule has 2 aromatic rings. The molecule has 6 heteroatoms. The molecule has 26 heavy (non-hydrogen) atoms. The quantitative estimate of drug-likeness (QED) is 0.748. The van der Waals surface area contributed by atoms with Gasteiger partial charge in [0, 0.05) is 13.1 Å². The Labute approximate surface area is 150 Å². The summed E-state index contributed by atoms with van der Waals surface area (Å²) in [5.74, 6) is -1.22. The highest BCUT2D eigenvalue weighted by Gasteiger charge is 2.56. The van der Waals surface area contributed by atoms with E-state index >= 15 is 0 Å². The van der Waals surface area contributed by atoms with Gasteiger partial charge in [-0.1, -0.05) is 24.3 Å². The molecule has 136 valence electrons. The molecule has 1 aliphatic carbocycles. The molecule has 0 spiro atoms. The van der Waals surface area contributed by atoms with Crippen LogP contribution < -0.4 is 10.6 Å². The van der Waals surface area contributed by atoms with Crippen LogP contribution in [-0.2, 0) is 22.6 Å². The number of nitrogens with one attached hydrogen (secondary N) is 2. The standard InChI is InChI=1S/C20H20F2N2O2/c21-16-5-1-14(2-6-16)9-12-23-18(25)20(10-11-20)19(26)24-13-15-3-7-17(22)8-4-15/h1-8H,9-13H2,(H,23,25)(H,24,26). The lowest BCUT2D eigenvalue weighted by Crippen LogP contribution is -2.43. The van der Waals surface area contributed by atoms with Crippen LogP contribution in [0.2, 0.25) is 0 Å². The molecule has 0 heterocycles. The number of amides is 2. The Morgan fingerprint density at radius 2 is 1.31 bits per heavy atom. The summed E-state index contributed by atoms with van der Waals surface area (Å²) in [6.45, 7) is 0.640. The number of rotatable bonds is 7. The zero-order valence-electron chi connectivity index (χ0n) is 14.2. The van der Waals surface area contributed by atoms with E-state index < -0.39 is 5.41 Å². The molecule has 0 aromatic heterocycles. The largest absolute Gasteiger partial charge is 0.355 e. The minimum Gasteiger partial charge on any atom is -0.355 e. The first-order valence-corrected chi connectivity index (χ1v) is 8.55. The van der Waals surface area contributed by atoms with Gasteiger partial charge in [0.25, 0.3) is 0 Å². The molecule has 0 unspecified atom stereocenters. The van der Waals surface area contributed by atoms with Crippen molar-refractivity contribution in [2.75, 3.05) is 6.54 Å². The molecule has 0 saturated heterocycles. The van der Waals surface area contributed by atoms with Gasteiger partial charge in [0.2, 0.25) is 11.8 Å². The van der Waals surface area contributed by atoms with Crippen molar-refractivity contribution in [3.05, 3.63) is 71.3 Å². The van der Waals surface area contributed by atoms with Crippen LogP contribution in [0.4, 0.5) is 8.78 Å². The third-order valence-electron chi connectivity index (χ3n) is 4.60.